The van der Waals surface area contributed by atoms with Crippen LogP contribution in [0.25, 0.3) is 0 Å². The van der Waals surface area contributed by atoms with Gasteiger partial charge in [-0.15, -0.1) is 0 Å². The summed E-state index contributed by atoms with van der Waals surface area (Å²) >= 11 is 0. The number of quaternary nitrogens is 1. The molecular formula is C19H26F16NO2+. The zero-order valence-electron chi connectivity index (χ0n) is 20.2. The van der Waals surface area contributed by atoms with Gasteiger partial charge >= 0.3 is 47.4 Å². The Morgan fingerprint density at radius 1 is 0.579 bits per heavy atom. The maximum atomic E-state index is 13.8. The van der Waals surface area contributed by atoms with Crippen LogP contribution >= 0.6 is 0 Å². The lowest BCUT2D eigenvalue weighted by molar-refractivity contribution is -0.926. The van der Waals surface area contributed by atoms with Crippen molar-refractivity contribution in [1.82, 2.24) is 0 Å². The van der Waals surface area contributed by atoms with Crippen molar-refractivity contribution >= 4 is 0 Å². The van der Waals surface area contributed by atoms with Crippen molar-refractivity contribution in [2.75, 3.05) is 39.4 Å². The minimum absolute atomic E-state index is 0.117. The molecule has 0 aliphatic heterocycles. The van der Waals surface area contributed by atoms with E-state index in [0.29, 0.717) is 19.6 Å². The maximum Gasteiger partial charge on any atom is 0.385 e. The van der Waals surface area contributed by atoms with Crippen LogP contribution in [0.4, 0.5) is 70.2 Å². The van der Waals surface area contributed by atoms with E-state index < -0.39 is 73.6 Å². The predicted octanol–water partition coefficient (Wildman–Crippen LogP) is 6.34. The normalized spacial score (nSPS) is 16.7. The van der Waals surface area contributed by atoms with Gasteiger partial charge in [-0.2, -0.15) is 70.2 Å². The van der Waals surface area contributed by atoms with Crippen molar-refractivity contribution in [2.45, 2.75) is 81.2 Å². The van der Waals surface area contributed by atoms with E-state index in [1.807, 2.05) is 0 Å². The lowest BCUT2D eigenvalue weighted by Gasteiger charge is -2.43. The van der Waals surface area contributed by atoms with Crippen molar-refractivity contribution in [1.29, 1.82) is 0 Å². The fourth-order valence-electron chi connectivity index (χ4n) is 3.27. The fourth-order valence-corrected chi connectivity index (χ4v) is 3.27. The summed E-state index contributed by atoms with van der Waals surface area (Å²) in [4.78, 5) is 0. The molecule has 230 valence electrons. The molecule has 0 aromatic rings. The summed E-state index contributed by atoms with van der Waals surface area (Å²) in [5, 5.41) is 9.85. The number of nitrogens with zero attached hydrogens (tertiary/aromatic N) is 1. The molecule has 3 nitrogen and oxygen atoms in total. The molecule has 0 aromatic heterocycles. The smallest absolute Gasteiger partial charge is 0.385 e. The minimum atomic E-state index is -8.45. The zero-order valence-corrected chi connectivity index (χ0v) is 20.2. The molecule has 0 fully saturated rings. The van der Waals surface area contributed by atoms with Crippen LogP contribution in [0.3, 0.4) is 0 Å². The first-order valence-electron chi connectivity index (χ1n) is 10.7. The molecular weight excluding hydrogens is 578 g/mol. The van der Waals surface area contributed by atoms with Crippen molar-refractivity contribution in [2.24, 2.45) is 0 Å². The number of ether oxygens (including phenoxy) is 1. The van der Waals surface area contributed by atoms with Crippen molar-refractivity contribution < 1.29 is 84.6 Å². The molecule has 0 radical (unpaired) electrons. The Morgan fingerprint density at radius 3 is 1.21 bits per heavy atom. The highest BCUT2D eigenvalue weighted by atomic mass is 19.4. The topological polar surface area (TPSA) is 29.5 Å². The monoisotopic (exact) mass is 604 g/mol. The molecule has 0 aromatic carbocycles. The summed E-state index contributed by atoms with van der Waals surface area (Å²) in [6, 6.07) is 0. The van der Waals surface area contributed by atoms with Gasteiger partial charge in [-0.25, -0.2) is 0 Å². The summed E-state index contributed by atoms with van der Waals surface area (Å²) in [5.74, 6) is -61.4. The number of halogens is 16. The first-order chi connectivity index (χ1) is 16.5. The number of hydrogen-bond donors (Lipinski definition) is 1. The van der Waals surface area contributed by atoms with Gasteiger partial charge < -0.3 is 14.3 Å². The molecule has 38 heavy (non-hydrogen) atoms. The van der Waals surface area contributed by atoms with Crippen molar-refractivity contribution in [3.05, 3.63) is 0 Å². The van der Waals surface area contributed by atoms with E-state index in [-0.39, 0.29) is 11.0 Å². The molecule has 1 N–H and O–H groups in total. The van der Waals surface area contributed by atoms with Gasteiger partial charge in [-0.3, -0.25) is 0 Å². The molecule has 0 rings (SSSR count). The van der Waals surface area contributed by atoms with Gasteiger partial charge in [-0.1, -0.05) is 0 Å². The lowest BCUT2D eigenvalue weighted by Crippen LogP contribution is -2.74. The molecule has 0 saturated heterocycles. The average molecular weight is 604 g/mol. The number of hydrogen-bond acceptors (Lipinski definition) is 2. The average Bonchev–Trinajstić information content (AvgIpc) is 2.75. The molecule has 1 atom stereocenters. The van der Waals surface area contributed by atoms with Crippen LogP contribution in [0.2, 0.25) is 0 Å². The number of aliphatic hydroxyl groups excluding tert-OH is 1. The third-order valence-electron chi connectivity index (χ3n) is 6.19. The maximum absolute atomic E-state index is 13.8. The largest absolute Gasteiger partial charge is 0.385 e. The highest BCUT2D eigenvalue weighted by Gasteiger charge is 2.94. The molecule has 0 heterocycles. The van der Waals surface area contributed by atoms with Crippen LogP contribution in [0.15, 0.2) is 0 Å². The summed E-state index contributed by atoms with van der Waals surface area (Å²) in [6.07, 6.45) is -1.72. The number of aliphatic hydroxyl groups is 1. The quantitative estimate of drug-likeness (QED) is 0.165. The Kier molecular flexibility index (Phi) is 10.6. The van der Waals surface area contributed by atoms with Crippen molar-refractivity contribution in [3.8, 4) is 0 Å². The Balaban J connectivity index is 6.09. The van der Waals surface area contributed by atoms with Gasteiger partial charge in [0, 0.05) is 6.92 Å². The summed E-state index contributed by atoms with van der Waals surface area (Å²) in [5.41, 5.74) is 0. The van der Waals surface area contributed by atoms with Crippen LogP contribution < -0.4 is 0 Å². The van der Waals surface area contributed by atoms with Crippen LogP contribution in [-0.4, -0.2) is 102 Å². The number of rotatable bonds is 16. The summed E-state index contributed by atoms with van der Waals surface area (Å²) in [6.45, 7) is 0.322. The third-order valence-corrected chi connectivity index (χ3v) is 6.19. The molecule has 0 aliphatic carbocycles. The molecule has 0 amide bonds. The molecule has 1 unspecified atom stereocenters. The Morgan fingerprint density at radius 2 is 0.895 bits per heavy atom. The van der Waals surface area contributed by atoms with Gasteiger partial charge in [0.2, 0.25) is 0 Å². The van der Waals surface area contributed by atoms with Crippen LogP contribution in [0.5, 0.6) is 0 Å². The second kappa shape index (κ2) is 11.0. The van der Waals surface area contributed by atoms with Gasteiger partial charge in [0.05, 0.1) is 26.2 Å². The van der Waals surface area contributed by atoms with Crippen molar-refractivity contribution in [3.63, 3.8) is 0 Å². The SMILES string of the molecule is CC[N+](CC)(CC)CC(O)COCC(F)(F)C(F)(F)C(F)(F)C(F)(F)C(F)(F)C(F)(F)C(F)(F)C(C)(F)F. The second-order valence-electron chi connectivity index (χ2n) is 8.68. The minimum Gasteiger partial charge on any atom is -0.385 e. The molecule has 0 saturated carbocycles. The van der Waals surface area contributed by atoms with E-state index >= 15 is 0 Å². The highest BCUT2D eigenvalue weighted by molar-refractivity contribution is 5.15. The van der Waals surface area contributed by atoms with E-state index in [1.54, 1.807) is 20.8 Å². The van der Waals surface area contributed by atoms with Gasteiger partial charge in [0.15, 0.2) is 0 Å². The van der Waals surface area contributed by atoms with E-state index in [1.165, 1.54) is 0 Å². The number of likely N-dealkylation sites (N-methyl/N-ethyl adjacent to an activating group) is 1. The predicted molar refractivity (Wildman–Crippen MR) is 98.8 cm³/mol. The standard InChI is InChI=1S/C19H26F16NO2/c1-5-36(6-2,7-3)8-11(37)9-38-10-13(22,23)15(26,27)17(30,31)19(34,35)18(32,33)16(28,29)14(24,25)12(4,20)21/h11,37H,5-10H2,1-4H3/q+1. The van der Waals surface area contributed by atoms with Crippen LogP contribution in [0.1, 0.15) is 27.7 Å². The summed E-state index contributed by atoms with van der Waals surface area (Å²) < 4.78 is 220. The highest BCUT2D eigenvalue weighted by Crippen LogP contribution is 2.63. The molecule has 0 aliphatic rings. The van der Waals surface area contributed by atoms with E-state index in [0.717, 1.165) is 0 Å². The van der Waals surface area contributed by atoms with Gasteiger partial charge in [0.25, 0.3) is 0 Å². The fraction of sp³-hybridized carbons (Fsp3) is 1.00. The second-order valence-corrected chi connectivity index (χ2v) is 8.68. The Bertz CT molecular complexity index is 769. The lowest BCUT2D eigenvalue weighted by atomic mass is 9.88. The van der Waals surface area contributed by atoms with E-state index in [2.05, 4.69) is 4.74 Å². The van der Waals surface area contributed by atoms with Crippen LogP contribution in [0, 0.1) is 0 Å². The molecule has 0 bridgehead atoms. The van der Waals surface area contributed by atoms with E-state index in [9.17, 15) is 75.4 Å². The summed E-state index contributed by atoms with van der Waals surface area (Å²) in [7, 11) is 0. The van der Waals surface area contributed by atoms with E-state index in [4.69, 9.17) is 0 Å². The first-order valence-corrected chi connectivity index (χ1v) is 10.7. The molecule has 19 heteroatoms. The number of alkyl halides is 16. The van der Waals surface area contributed by atoms with Gasteiger partial charge in [0.1, 0.15) is 19.3 Å². The molecule has 0 spiro atoms. The van der Waals surface area contributed by atoms with Gasteiger partial charge in [-0.05, 0) is 20.8 Å². The zero-order chi connectivity index (χ0) is 31.0. The third kappa shape index (κ3) is 5.78. The Hall–Kier alpha value is -1.24. The Labute approximate surface area is 206 Å². The van der Waals surface area contributed by atoms with Crippen LogP contribution in [-0.2, 0) is 4.74 Å². The first kappa shape index (κ1) is 36.8.